The summed E-state index contributed by atoms with van der Waals surface area (Å²) in [5.41, 5.74) is 3.17. The lowest BCUT2D eigenvalue weighted by Gasteiger charge is -2.11. The van der Waals surface area contributed by atoms with Gasteiger partial charge in [-0.05, 0) is 60.7 Å². The number of hydrogen-bond donors (Lipinski definition) is 2. The molecule has 0 aliphatic rings. The van der Waals surface area contributed by atoms with Gasteiger partial charge in [0.25, 0.3) is 15.9 Å². The zero-order valence-electron chi connectivity index (χ0n) is 17.0. The molecule has 0 radical (unpaired) electrons. The third-order valence-corrected chi connectivity index (χ3v) is 5.87. The van der Waals surface area contributed by atoms with Gasteiger partial charge in [-0.15, -0.1) is 4.83 Å². The van der Waals surface area contributed by atoms with Crippen LogP contribution in [-0.4, -0.2) is 26.4 Å². The molecule has 4 rings (SSSR count). The maximum absolute atomic E-state index is 12.5. The second kappa shape index (κ2) is 9.04. The van der Waals surface area contributed by atoms with Crippen molar-refractivity contribution < 1.29 is 22.7 Å². The highest BCUT2D eigenvalue weighted by Gasteiger charge is 2.16. The molecule has 0 atom stereocenters. The lowest BCUT2D eigenvalue weighted by molar-refractivity contribution is 0.0945. The fourth-order valence-electron chi connectivity index (χ4n) is 2.96. The first-order valence-corrected chi connectivity index (χ1v) is 11.0. The molecule has 8 nitrogen and oxygen atoms in total. The SMILES string of the molecule is COc1ccc(C(=O)NNS(=O)(=O)c2ccc(Oc3cccc4cccnc34)cc2)cc1. The molecule has 0 aliphatic carbocycles. The third-order valence-electron chi connectivity index (χ3n) is 4.61. The number of benzene rings is 3. The summed E-state index contributed by atoms with van der Waals surface area (Å²) in [4.78, 5) is 18.6. The molecule has 1 amide bonds. The first-order valence-electron chi connectivity index (χ1n) is 9.54. The lowest BCUT2D eigenvalue weighted by Crippen LogP contribution is -2.41. The number of hydrogen-bond acceptors (Lipinski definition) is 6. The van der Waals surface area contributed by atoms with Gasteiger partial charge in [0.05, 0.1) is 12.0 Å². The summed E-state index contributed by atoms with van der Waals surface area (Å²) in [6, 6.07) is 21.4. The Kier molecular flexibility index (Phi) is 6.02. The van der Waals surface area contributed by atoms with E-state index in [1.165, 1.54) is 43.5 Å². The van der Waals surface area contributed by atoms with Crippen molar-refractivity contribution in [3.63, 3.8) is 0 Å². The van der Waals surface area contributed by atoms with Crippen molar-refractivity contribution in [3.05, 3.63) is 90.6 Å². The molecule has 3 aromatic carbocycles. The van der Waals surface area contributed by atoms with Gasteiger partial charge in [0.15, 0.2) is 5.75 Å². The molecule has 0 saturated carbocycles. The number of rotatable bonds is 7. The van der Waals surface area contributed by atoms with Gasteiger partial charge in [-0.1, -0.05) is 18.2 Å². The molecule has 9 heteroatoms. The van der Waals surface area contributed by atoms with Gasteiger partial charge in [0.1, 0.15) is 17.0 Å². The predicted molar refractivity (Wildman–Crippen MR) is 119 cm³/mol. The molecule has 0 saturated heterocycles. The van der Waals surface area contributed by atoms with E-state index in [1.807, 2.05) is 24.3 Å². The van der Waals surface area contributed by atoms with Crippen LogP contribution in [-0.2, 0) is 10.0 Å². The van der Waals surface area contributed by atoms with E-state index in [-0.39, 0.29) is 10.5 Å². The molecule has 0 spiro atoms. The van der Waals surface area contributed by atoms with Crippen LogP contribution in [0.25, 0.3) is 10.9 Å². The van der Waals surface area contributed by atoms with Crippen LogP contribution in [0.3, 0.4) is 0 Å². The largest absolute Gasteiger partial charge is 0.497 e. The second-order valence-electron chi connectivity index (χ2n) is 6.69. The maximum Gasteiger partial charge on any atom is 0.266 e. The normalized spacial score (nSPS) is 11.2. The molecule has 1 heterocycles. The van der Waals surface area contributed by atoms with Gasteiger partial charge in [0, 0.05) is 17.1 Å². The Labute approximate surface area is 184 Å². The number of pyridine rings is 1. The van der Waals surface area contributed by atoms with Crippen molar-refractivity contribution in [3.8, 4) is 17.2 Å². The molecule has 0 unspecified atom stereocenters. The lowest BCUT2D eigenvalue weighted by atomic mass is 10.2. The number of carbonyl (C=O) groups is 1. The number of fused-ring (bicyclic) bond motifs is 1. The fraction of sp³-hybridized carbons (Fsp3) is 0.0435. The van der Waals surface area contributed by atoms with Crippen LogP contribution in [0.1, 0.15) is 10.4 Å². The standard InChI is InChI=1S/C23H19N3O5S/c1-30-18-9-7-17(8-10-18)23(27)25-26-32(28,29)20-13-11-19(12-14-20)31-21-6-2-4-16-5-3-15-24-22(16)21/h2-15,26H,1H3,(H,25,27). The van der Waals surface area contributed by atoms with Crippen molar-refractivity contribution in [2.24, 2.45) is 0 Å². The fourth-order valence-corrected chi connectivity index (χ4v) is 3.80. The van der Waals surface area contributed by atoms with E-state index >= 15 is 0 Å². The summed E-state index contributed by atoms with van der Waals surface area (Å²) in [5.74, 6) is 0.997. The van der Waals surface area contributed by atoms with E-state index in [0.29, 0.717) is 22.8 Å². The van der Waals surface area contributed by atoms with Crippen molar-refractivity contribution in [1.82, 2.24) is 15.2 Å². The van der Waals surface area contributed by atoms with E-state index in [2.05, 4.69) is 15.2 Å². The van der Waals surface area contributed by atoms with Crippen molar-refractivity contribution in [2.45, 2.75) is 4.90 Å². The minimum atomic E-state index is -3.97. The summed E-state index contributed by atoms with van der Waals surface area (Å²) < 4.78 is 35.9. The Morgan fingerprint density at radius 1 is 0.875 bits per heavy atom. The molecular formula is C23H19N3O5S. The number of sulfonamides is 1. The van der Waals surface area contributed by atoms with E-state index in [1.54, 1.807) is 24.4 Å². The van der Waals surface area contributed by atoms with Gasteiger partial charge in [-0.25, -0.2) is 8.42 Å². The van der Waals surface area contributed by atoms with Gasteiger partial charge >= 0.3 is 0 Å². The summed E-state index contributed by atoms with van der Waals surface area (Å²) in [6.45, 7) is 0. The molecule has 0 bridgehead atoms. The number of aromatic nitrogens is 1. The number of ether oxygens (including phenoxy) is 2. The molecule has 4 aromatic rings. The number of carbonyl (C=O) groups excluding carboxylic acids is 1. The summed E-state index contributed by atoms with van der Waals surface area (Å²) in [7, 11) is -2.46. The van der Waals surface area contributed by atoms with Crippen LogP contribution in [0.2, 0.25) is 0 Å². The maximum atomic E-state index is 12.5. The summed E-state index contributed by atoms with van der Waals surface area (Å²) in [5, 5.41) is 0.931. The van der Waals surface area contributed by atoms with E-state index in [4.69, 9.17) is 9.47 Å². The highest BCUT2D eigenvalue weighted by molar-refractivity contribution is 7.89. The van der Waals surface area contributed by atoms with E-state index in [9.17, 15) is 13.2 Å². The van der Waals surface area contributed by atoms with Gasteiger partial charge in [-0.3, -0.25) is 15.2 Å². The zero-order chi connectivity index (χ0) is 22.6. The van der Waals surface area contributed by atoms with Crippen LogP contribution in [0.15, 0.2) is 90.0 Å². The molecule has 0 fully saturated rings. The monoisotopic (exact) mass is 449 g/mol. The Hall–Kier alpha value is -3.95. The molecule has 0 aliphatic heterocycles. The number of para-hydroxylation sites is 1. The third kappa shape index (κ3) is 4.69. The van der Waals surface area contributed by atoms with Crippen LogP contribution >= 0.6 is 0 Å². The molecule has 162 valence electrons. The second-order valence-corrected chi connectivity index (χ2v) is 8.38. The Morgan fingerprint density at radius 3 is 2.28 bits per heavy atom. The van der Waals surface area contributed by atoms with Crippen molar-refractivity contribution in [1.29, 1.82) is 0 Å². The molecular weight excluding hydrogens is 430 g/mol. The van der Waals surface area contributed by atoms with Gasteiger partial charge in [-0.2, -0.15) is 0 Å². The molecule has 1 aromatic heterocycles. The van der Waals surface area contributed by atoms with Crippen LogP contribution in [0.5, 0.6) is 17.2 Å². The average molecular weight is 449 g/mol. The summed E-state index contributed by atoms with van der Waals surface area (Å²) in [6.07, 6.45) is 1.68. The Bertz CT molecular complexity index is 1350. The van der Waals surface area contributed by atoms with Crippen LogP contribution in [0, 0.1) is 0 Å². The number of methoxy groups -OCH3 is 1. The highest BCUT2D eigenvalue weighted by Crippen LogP contribution is 2.28. The van der Waals surface area contributed by atoms with Gasteiger partial charge < -0.3 is 9.47 Å². The first-order chi connectivity index (χ1) is 15.5. The zero-order valence-corrected chi connectivity index (χ0v) is 17.8. The van der Waals surface area contributed by atoms with E-state index in [0.717, 1.165) is 5.39 Å². The average Bonchev–Trinajstić information content (AvgIpc) is 2.83. The van der Waals surface area contributed by atoms with E-state index < -0.39 is 15.9 Å². The van der Waals surface area contributed by atoms with Crippen molar-refractivity contribution in [2.75, 3.05) is 7.11 Å². The molecule has 32 heavy (non-hydrogen) atoms. The van der Waals surface area contributed by atoms with Crippen LogP contribution < -0.4 is 19.7 Å². The van der Waals surface area contributed by atoms with Crippen molar-refractivity contribution >= 4 is 26.8 Å². The Morgan fingerprint density at radius 2 is 1.56 bits per heavy atom. The minimum Gasteiger partial charge on any atom is -0.497 e. The smallest absolute Gasteiger partial charge is 0.266 e. The quantitative estimate of drug-likeness (QED) is 0.417. The topological polar surface area (TPSA) is 107 Å². The highest BCUT2D eigenvalue weighted by atomic mass is 32.2. The minimum absolute atomic E-state index is 0.0316. The van der Waals surface area contributed by atoms with Crippen LogP contribution in [0.4, 0.5) is 0 Å². The van der Waals surface area contributed by atoms with Gasteiger partial charge in [0.2, 0.25) is 0 Å². The first kappa shape index (κ1) is 21.3. The number of nitrogens with one attached hydrogen (secondary N) is 2. The summed E-state index contributed by atoms with van der Waals surface area (Å²) >= 11 is 0. The number of amides is 1. The number of nitrogens with zero attached hydrogens (tertiary/aromatic N) is 1. The predicted octanol–water partition coefficient (Wildman–Crippen LogP) is 3.66. The number of hydrazine groups is 1. The Balaban J connectivity index is 1.43. The molecule has 2 N–H and O–H groups in total.